The molecule has 0 saturated carbocycles. The Hall–Kier alpha value is -3.34. The Kier molecular flexibility index (Phi) is 4.89. The molecular weight excluding hydrogens is 328 g/mol. The minimum Gasteiger partial charge on any atom is -0.457 e. The minimum absolute atomic E-state index is 0.0651. The molecule has 0 aliphatic heterocycles. The summed E-state index contributed by atoms with van der Waals surface area (Å²) < 4.78 is 7.43. The predicted molar refractivity (Wildman–Crippen MR) is 101 cm³/mol. The van der Waals surface area contributed by atoms with Crippen LogP contribution >= 0.6 is 0 Å². The van der Waals surface area contributed by atoms with Crippen LogP contribution in [0.4, 0.5) is 5.69 Å². The van der Waals surface area contributed by atoms with Crippen molar-refractivity contribution >= 4 is 17.4 Å². The molecule has 1 heterocycles. The van der Waals surface area contributed by atoms with Crippen molar-refractivity contribution in [1.82, 2.24) is 4.57 Å². The summed E-state index contributed by atoms with van der Waals surface area (Å²) in [7, 11) is 3.46. The van der Waals surface area contributed by atoms with Gasteiger partial charge in [-0.3, -0.25) is 9.59 Å². The SMILES string of the molecule is CC(=O)c1cc(C(=O)N(C)c2ccc(Oc3ccccc3)cc2)n(C)c1. The lowest BCUT2D eigenvalue weighted by Gasteiger charge is -2.18. The maximum Gasteiger partial charge on any atom is 0.274 e. The third-order valence-electron chi connectivity index (χ3n) is 4.14. The zero-order chi connectivity index (χ0) is 18.7. The molecule has 0 unspecified atom stereocenters. The number of ketones is 1. The normalized spacial score (nSPS) is 10.4. The van der Waals surface area contributed by atoms with Gasteiger partial charge < -0.3 is 14.2 Å². The van der Waals surface area contributed by atoms with Crippen molar-refractivity contribution < 1.29 is 14.3 Å². The number of Topliss-reactive ketones (excluding diaryl/α,β-unsaturated/α-hetero) is 1. The molecule has 5 nitrogen and oxygen atoms in total. The first kappa shape index (κ1) is 17.5. The molecule has 2 aromatic carbocycles. The van der Waals surface area contributed by atoms with E-state index in [0.29, 0.717) is 17.0 Å². The molecule has 0 spiro atoms. The standard InChI is InChI=1S/C21H20N2O3/c1-15(24)16-13-20(22(2)14-16)21(25)23(3)17-9-11-19(12-10-17)26-18-7-5-4-6-8-18/h4-14H,1-3H3. The van der Waals surface area contributed by atoms with Crippen molar-refractivity contribution in [2.75, 3.05) is 11.9 Å². The Balaban J connectivity index is 1.76. The molecule has 1 aromatic heterocycles. The molecule has 0 N–H and O–H groups in total. The predicted octanol–water partition coefficient (Wildman–Crippen LogP) is 4.30. The van der Waals surface area contributed by atoms with E-state index in [9.17, 15) is 9.59 Å². The van der Waals surface area contributed by atoms with E-state index in [1.54, 1.807) is 35.8 Å². The van der Waals surface area contributed by atoms with Crippen LogP contribution in [0.15, 0.2) is 66.9 Å². The van der Waals surface area contributed by atoms with E-state index in [1.165, 1.54) is 6.92 Å². The summed E-state index contributed by atoms with van der Waals surface area (Å²) in [6.07, 6.45) is 1.67. The van der Waals surface area contributed by atoms with Crippen LogP contribution in [-0.2, 0) is 7.05 Å². The Morgan fingerprint density at radius 3 is 2.15 bits per heavy atom. The molecule has 0 aliphatic carbocycles. The fourth-order valence-electron chi connectivity index (χ4n) is 2.62. The molecule has 0 bridgehead atoms. The Bertz CT molecular complexity index is 928. The summed E-state index contributed by atoms with van der Waals surface area (Å²) in [6.45, 7) is 1.48. The molecule has 132 valence electrons. The lowest BCUT2D eigenvalue weighted by molar-refractivity contribution is 0.0984. The van der Waals surface area contributed by atoms with Crippen LogP contribution in [0.5, 0.6) is 11.5 Å². The van der Waals surface area contributed by atoms with Gasteiger partial charge in [-0.25, -0.2) is 0 Å². The molecule has 0 saturated heterocycles. The quantitative estimate of drug-likeness (QED) is 0.646. The average molecular weight is 348 g/mol. The van der Waals surface area contributed by atoms with E-state index in [4.69, 9.17) is 4.74 Å². The monoisotopic (exact) mass is 348 g/mol. The van der Waals surface area contributed by atoms with Gasteiger partial charge in [0, 0.05) is 31.5 Å². The Morgan fingerprint density at radius 2 is 1.58 bits per heavy atom. The zero-order valence-electron chi connectivity index (χ0n) is 15.0. The molecular formula is C21H20N2O3. The van der Waals surface area contributed by atoms with E-state index >= 15 is 0 Å². The summed E-state index contributed by atoms with van der Waals surface area (Å²) >= 11 is 0. The minimum atomic E-state index is -0.184. The number of aromatic nitrogens is 1. The van der Waals surface area contributed by atoms with Crippen LogP contribution in [0.1, 0.15) is 27.8 Å². The van der Waals surface area contributed by atoms with Gasteiger partial charge >= 0.3 is 0 Å². The third kappa shape index (κ3) is 3.67. The lowest BCUT2D eigenvalue weighted by Crippen LogP contribution is -2.27. The maximum absolute atomic E-state index is 12.7. The fraction of sp³-hybridized carbons (Fsp3) is 0.143. The number of aryl methyl sites for hydroxylation is 1. The highest BCUT2D eigenvalue weighted by Gasteiger charge is 2.18. The van der Waals surface area contributed by atoms with Crippen LogP contribution in [0.3, 0.4) is 0 Å². The van der Waals surface area contributed by atoms with E-state index < -0.39 is 0 Å². The first-order valence-corrected chi connectivity index (χ1v) is 8.24. The van der Waals surface area contributed by atoms with Crippen LogP contribution in [0.25, 0.3) is 0 Å². The number of hydrogen-bond acceptors (Lipinski definition) is 3. The molecule has 5 heteroatoms. The highest BCUT2D eigenvalue weighted by molar-refractivity contribution is 6.06. The van der Waals surface area contributed by atoms with Gasteiger partial charge in [-0.05, 0) is 49.4 Å². The van der Waals surface area contributed by atoms with Crippen LogP contribution in [-0.4, -0.2) is 23.3 Å². The largest absolute Gasteiger partial charge is 0.457 e. The molecule has 0 aliphatic rings. The average Bonchev–Trinajstić information content (AvgIpc) is 3.04. The number of nitrogens with zero attached hydrogens (tertiary/aromatic N) is 2. The van der Waals surface area contributed by atoms with E-state index in [0.717, 1.165) is 11.4 Å². The first-order valence-electron chi connectivity index (χ1n) is 8.24. The second-order valence-electron chi connectivity index (χ2n) is 6.05. The number of amides is 1. The number of anilines is 1. The number of carbonyl (C=O) groups is 2. The summed E-state index contributed by atoms with van der Waals surface area (Å²) in [5.74, 6) is 1.20. The van der Waals surface area contributed by atoms with Gasteiger partial charge in [0.1, 0.15) is 17.2 Å². The number of carbonyl (C=O) groups excluding carboxylic acids is 2. The van der Waals surface area contributed by atoms with Crippen molar-refractivity contribution in [1.29, 1.82) is 0 Å². The number of hydrogen-bond donors (Lipinski definition) is 0. The van der Waals surface area contributed by atoms with Gasteiger partial charge in [0.2, 0.25) is 0 Å². The second-order valence-corrected chi connectivity index (χ2v) is 6.05. The summed E-state index contributed by atoms with van der Waals surface area (Å²) in [6, 6.07) is 18.4. The zero-order valence-corrected chi connectivity index (χ0v) is 15.0. The lowest BCUT2D eigenvalue weighted by atomic mass is 10.2. The van der Waals surface area contributed by atoms with Gasteiger partial charge in [0.05, 0.1) is 0 Å². The molecule has 0 atom stereocenters. The highest BCUT2D eigenvalue weighted by atomic mass is 16.5. The Morgan fingerprint density at radius 1 is 0.962 bits per heavy atom. The van der Waals surface area contributed by atoms with Crippen molar-refractivity contribution in [3.63, 3.8) is 0 Å². The molecule has 26 heavy (non-hydrogen) atoms. The molecule has 0 fully saturated rings. The molecule has 0 radical (unpaired) electrons. The number of benzene rings is 2. The van der Waals surface area contributed by atoms with E-state index in [2.05, 4.69) is 0 Å². The van der Waals surface area contributed by atoms with Crippen molar-refractivity contribution in [2.45, 2.75) is 6.92 Å². The van der Waals surface area contributed by atoms with Crippen LogP contribution in [0.2, 0.25) is 0 Å². The number of ether oxygens (including phenoxy) is 1. The number of rotatable bonds is 5. The van der Waals surface area contributed by atoms with Gasteiger partial charge in [-0.2, -0.15) is 0 Å². The van der Waals surface area contributed by atoms with E-state index in [1.807, 2.05) is 54.6 Å². The first-order chi connectivity index (χ1) is 12.5. The topological polar surface area (TPSA) is 51.5 Å². The smallest absolute Gasteiger partial charge is 0.274 e. The third-order valence-corrected chi connectivity index (χ3v) is 4.14. The van der Waals surface area contributed by atoms with Gasteiger partial charge in [0.15, 0.2) is 5.78 Å². The molecule has 1 amide bonds. The highest BCUT2D eigenvalue weighted by Crippen LogP contribution is 2.24. The molecule has 3 rings (SSSR count). The van der Waals surface area contributed by atoms with Crippen LogP contribution < -0.4 is 9.64 Å². The van der Waals surface area contributed by atoms with E-state index in [-0.39, 0.29) is 11.7 Å². The summed E-state index contributed by atoms with van der Waals surface area (Å²) in [4.78, 5) is 25.8. The summed E-state index contributed by atoms with van der Waals surface area (Å²) in [5, 5.41) is 0. The maximum atomic E-state index is 12.7. The second kappa shape index (κ2) is 7.27. The van der Waals surface area contributed by atoms with Gasteiger partial charge in [-0.1, -0.05) is 18.2 Å². The van der Waals surface area contributed by atoms with Crippen LogP contribution in [0, 0.1) is 0 Å². The van der Waals surface area contributed by atoms with Crippen molar-refractivity contribution in [3.05, 3.63) is 78.1 Å². The van der Waals surface area contributed by atoms with Gasteiger partial charge in [0.25, 0.3) is 5.91 Å². The summed E-state index contributed by atoms with van der Waals surface area (Å²) in [5.41, 5.74) is 1.72. The Labute approximate surface area is 152 Å². The number of para-hydroxylation sites is 1. The molecule has 3 aromatic rings. The van der Waals surface area contributed by atoms with Crippen molar-refractivity contribution in [3.8, 4) is 11.5 Å². The fourth-order valence-corrected chi connectivity index (χ4v) is 2.62. The van der Waals surface area contributed by atoms with Crippen molar-refractivity contribution in [2.24, 2.45) is 7.05 Å². The van der Waals surface area contributed by atoms with Gasteiger partial charge in [-0.15, -0.1) is 0 Å².